The van der Waals surface area contributed by atoms with E-state index >= 15 is 0 Å². The molecule has 0 saturated heterocycles. The van der Waals surface area contributed by atoms with Crippen molar-refractivity contribution in [2.75, 3.05) is 44.9 Å². The molecule has 0 radical (unpaired) electrons. The summed E-state index contributed by atoms with van der Waals surface area (Å²) in [7, 11) is 5.54. The molecule has 9 heteroatoms. The molecule has 0 saturated carbocycles. The SMILES string of the molecule is COCc1ccc(C(=O)NCCCN(C)C)cc1NC(=O)Nc1cnccn1. The number of methoxy groups -OCH3 is 1. The third-order valence-electron chi connectivity index (χ3n) is 3.79. The van der Waals surface area contributed by atoms with Crippen LogP contribution in [0.25, 0.3) is 0 Å². The first-order chi connectivity index (χ1) is 13.5. The Hall–Kier alpha value is -3.04. The quantitative estimate of drug-likeness (QED) is 0.569. The van der Waals surface area contributed by atoms with Gasteiger partial charge in [-0.25, -0.2) is 9.78 Å². The zero-order valence-electron chi connectivity index (χ0n) is 16.4. The van der Waals surface area contributed by atoms with Gasteiger partial charge in [0.2, 0.25) is 0 Å². The number of nitrogens with one attached hydrogen (secondary N) is 3. The molecule has 0 unspecified atom stereocenters. The van der Waals surface area contributed by atoms with Crippen LogP contribution < -0.4 is 16.0 Å². The highest BCUT2D eigenvalue weighted by atomic mass is 16.5. The van der Waals surface area contributed by atoms with Crippen LogP contribution in [-0.2, 0) is 11.3 Å². The molecule has 1 aromatic heterocycles. The number of urea groups is 1. The van der Waals surface area contributed by atoms with Crippen LogP contribution >= 0.6 is 0 Å². The number of carbonyl (C=O) groups is 2. The smallest absolute Gasteiger partial charge is 0.324 e. The van der Waals surface area contributed by atoms with Crippen LogP contribution in [0.3, 0.4) is 0 Å². The molecule has 3 N–H and O–H groups in total. The van der Waals surface area contributed by atoms with Crippen LogP contribution in [-0.4, -0.2) is 61.1 Å². The number of hydrogen-bond donors (Lipinski definition) is 3. The molecule has 0 atom stereocenters. The Bertz CT molecular complexity index is 782. The van der Waals surface area contributed by atoms with Crippen molar-refractivity contribution in [3.8, 4) is 0 Å². The minimum Gasteiger partial charge on any atom is -0.380 e. The molecule has 0 aliphatic heterocycles. The molecule has 0 spiro atoms. The lowest BCUT2D eigenvalue weighted by molar-refractivity contribution is 0.0952. The molecule has 3 amide bonds. The average molecular weight is 386 g/mol. The van der Waals surface area contributed by atoms with Gasteiger partial charge in [-0.05, 0) is 39.2 Å². The van der Waals surface area contributed by atoms with Gasteiger partial charge >= 0.3 is 6.03 Å². The first-order valence-corrected chi connectivity index (χ1v) is 8.88. The predicted molar refractivity (Wildman–Crippen MR) is 107 cm³/mol. The Kier molecular flexibility index (Phi) is 8.32. The summed E-state index contributed by atoms with van der Waals surface area (Å²) in [5, 5.41) is 8.21. The summed E-state index contributed by atoms with van der Waals surface area (Å²) in [6.07, 6.45) is 5.28. The maximum Gasteiger partial charge on any atom is 0.324 e. The second-order valence-electron chi connectivity index (χ2n) is 6.39. The van der Waals surface area contributed by atoms with Crippen LogP contribution in [0.5, 0.6) is 0 Å². The molecule has 0 aliphatic carbocycles. The van der Waals surface area contributed by atoms with Crippen molar-refractivity contribution < 1.29 is 14.3 Å². The topological polar surface area (TPSA) is 108 Å². The van der Waals surface area contributed by atoms with Crippen LogP contribution in [0.2, 0.25) is 0 Å². The third-order valence-corrected chi connectivity index (χ3v) is 3.79. The molecule has 1 heterocycles. The standard InChI is InChI=1S/C19H26N6O3/c1-25(2)10-4-7-22-18(26)14-5-6-15(13-28-3)16(11-14)23-19(27)24-17-12-20-8-9-21-17/h5-6,8-9,11-12H,4,7,10,13H2,1-3H3,(H,22,26)(H2,21,23,24,27). The van der Waals surface area contributed by atoms with E-state index in [2.05, 4.69) is 30.8 Å². The predicted octanol–water partition coefficient (Wildman–Crippen LogP) is 1.95. The lowest BCUT2D eigenvalue weighted by Crippen LogP contribution is -2.27. The van der Waals surface area contributed by atoms with Crippen molar-refractivity contribution >= 4 is 23.4 Å². The molecule has 2 aromatic rings. The van der Waals surface area contributed by atoms with Crippen LogP contribution in [0.4, 0.5) is 16.3 Å². The number of aromatic nitrogens is 2. The van der Waals surface area contributed by atoms with Crippen LogP contribution in [0.15, 0.2) is 36.8 Å². The van der Waals surface area contributed by atoms with E-state index in [-0.39, 0.29) is 5.91 Å². The summed E-state index contributed by atoms with van der Waals surface area (Å²) in [5.41, 5.74) is 1.70. The van der Waals surface area contributed by atoms with E-state index in [1.165, 1.54) is 18.6 Å². The van der Waals surface area contributed by atoms with Gasteiger partial charge in [0.1, 0.15) is 0 Å². The average Bonchev–Trinajstić information content (AvgIpc) is 2.67. The molecule has 9 nitrogen and oxygen atoms in total. The first-order valence-electron chi connectivity index (χ1n) is 8.88. The molecular formula is C19H26N6O3. The number of hydrogen-bond acceptors (Lipinski definition) is 6. The van der Waals surface area contributed by atoms with Crippen molar-refractivity contribution in [2.24, 2.45) is 0 Å². The summed E-state index contributed by atoms with van der Waals surface area (Å²) in [6, 6.07) is 4.62. The second-order valence-corrected chi connectivity index (χ2v) is 6.39. The van der Waals surface area contributed by atoms with Crippen molar-refractivity contribution in [3.05, 3.63) is 47.9 Å². The molecule has 0 bridgehead atoms. The van der Waals surface area contributed by atoms with Crippen molar-refractivity contribution in [1.82, 2.24) is 20.2 Å². The van der Waals surface area contributed by atoms with Gasteiger partial charge in [0.05, 0.1) is 12.8 Å². The van der Waals surface area contributed by atoms with Gasteiger partial charge in [0.25, 0.3) is 5.91 Å². The highest BCUT2D eigenvalue weighted by molar-refractivity contribution is 6.01. The van der Waals surface area contributed by atoms with E-state index in [4.69, 9.17) is 4.74 Å². The van der Waals surface area contributed by atoms with E-state index in [1.54, 1.807) is 25.3 Å². The Balaban J connectivity index is 2.05. The summed E-state index contributed by atoms with van der Waals surface area (Å²) in [6.45, 7) is 1.76. The van der Waals surface area contributed by atoms with E-state index in [9.17, 15) is 9.59 Å². The van der Waals surface area contributed by atoms with Crippen molar-refractivity contribution in [2.45, 2.75) is 13.0 Å². The molecule has 28 heavy (non-hydrogen) atoms. The summed E-state index contributed by atoms with van der Waals surface area (Å²) in [4.78, 5) is 34.6. The van der Waals surface area contributed by atoms with E-state index in [0.29, 0.717) is 30.2 Å². The van der Waals surface area contributed by atoms with Gasteiger partial charge in [-0.15, -0.1) is 0 Å². The highest BCUT2D eigenvalue weighted by Crippen LogP contribution is 2.19. The zero-order valence-corrected chi connectivity index (χ0v) is 16.4. The van der Waals surface area contributed by atoms with E-state index < -0.39 is 6.03 Å². The fourth-order valence-corrected chi connectivity index (χ4v) is 2.45. The third kappa shape index (κ3) is 6.93. The Morgan fingerprint density at radius 2 is 2.00 bits per heavy atom. The first kappa shape index (κ1) is 21.3. The number of anilines is 2. The van der Waals surface area contributed by atoms with E-state index in [1.807, 2.05) is 14.1 Å². The molecule has 2 rings (SSSR count). The Labute approximate surface area is 164 Å². The number of nitrogens with zero attached hydrogens (tertiary/aromatic N) is 3. The van der Waals surface area contributed by atoms with Gasteiger partial charge in [-0.3, -0.25) is 15.1 Å². The maximum atomic E-state index is 12.4. The van der Waals surface area contributed by atoms with Gasteiger partial charge in [0.15, 0.2) is 5.82 Å². The number of carbonyl (C=O) groups excluding carboxylic acids is 2. The monoisotopic (exact) mass is 386 g/mol. The number of amides is 3. The van der Waals surface area contributed by atoms with Crippen molar-refractivity contribution in [3.63, 3.8) is 0 Å². The largest absolute Gasteiger partial charge is 0.380 e. The maximum absolute atomic E-state index is 12.4. The minimum absolute atomic E-state index is 0.194. The molecule has 150 valence electrons. The fraction of sp³-hybridized carbons (Fsp3) is 0.368. The summed E-state index contributed by atoms with van der Waals surface area (Å²) >= 11 is 0. The lowest BCUT2D eigenvalue weighted by atomic mass is 10.1. The molecule has 1 aromatic carbocycles. The Morgan fingerprint density at radius 3 is 2.68 bits per heavy atom. The lowest BCUT2D eigenvalue weighted by Gasteiger charge is -2.14. The Morgan fingerprint density at radius 1 is 1.18 bits per heavy atom. The van der Waals surface area contributed by atoms with Crippen LogP contribution in [0.1, 0.15) is 22.3 Å². The van der Waals surface area contributed by atoms with Gasteiger partial charge < -0.3 is 20.3 Å². The van der Waals surface area contributed by atoms with Crippen LogP contribution in [0, 0.1) is 0 Å². The molecular weight excluding hydrogens is 360 g/mol. The molecule has 0 aliphatic rings. The normalized spacial score (nSPS) is 10.6. The second kappa shape index (κ2) is 11.0. The van der Waals surface area contributed by atoms with Gasteiger partial charge in [0, 0.05) is 42.9 Å². The highest BCUT2D eigenvalue weighted by Gasteiger charge is 2.12. The van der Waals surface area contributed by atoms with Gasteiger partial charge in [-0.1, -0.05) is 6.07 Å². The molecule has 0 fully saturated rings. The van der Waals surface area contributed by atoms with E-state index in [0.717, 1.165) is 18.5 Å². The number of benzene rings is 1. The summed E-state index contributed by atoms with van der Waals surface area (Å²) < 4.78 is 5.17. The number of ether oxygens (including phenoxy) is 1. The zero-order chi connectivity index (χ0) is 20.4. The fourth-order valence-electron chi connectivity index (χ4n) is 2.45. The summed E-state index contributed by atoms with van der Waals surface area (Å²) in [5.74, 6) is 0.128. The van der Waals surface area contributed by atoms with Gasteiger partial charge in [-0.2, -0.15) is 0 Å². The minimum atomic E-state index is -0.485. The number of rotatable bonds is 9. The van der Waals surface area contributed by atoms with Crippen molar-refractivity contribution in [1.29, 1.82) is 0 Å².